The van der Waals surface area contributed by atoms with Gasteiger partial charge in [-0.3, -0.25) is 4.79 Å². The molecule has 0 bridgehead atoms. The van der Waals surface area contributed by atoms with E-state index >= 15 is 0 Å². The predicted octanol–water partition coefficient (Wildman–Crippen LogP) is 1.07. The maximum Gasteiger partial charge on any atom is 0.307 e. The number of carboxylic acids is 1. The van der Waals surface area contributed by atoms with E-state index < -0.39 is 21.9 Å². The second-order valence-corrected chi connectivity index (χ2v) is 6.27. The number of carbonyl (C=O) groups is 1. The monoisotopic (exact) mass is 273 g/mol. The van der Waals surface area contributed by atoms with Crippen molar-refractivity contribution in [2.24, 2.45) is 5.92 Å². The van der Waals surface area contributed by atoms with E-state index in [9.17, 15) is 13.2 Å². The molecule has 1 aliphatic rings. The molecule has 1 aliphatic heterocycles. The minimum absolute atomic E-state index is 0.0113. The van der Waals surface area contributed by atoms with E-state index in [0.717, 1.165) is 0 Å². The predicted molar refractivity (Wildman–Crippen MR) is 62.6 cm³/mol. The molecule has 2 rings (SSSR count). The Morgan fingerprint density at radius 1 is 1.50 bits per heavy atom. The standard InChI is InChI=1S/C11H15NO5S/c1-8-4-5-10(17-8)18(15,16)12-6-2-3-9(7-12)11(13)14/h4-5,9H,2-3,6-7H2,1H3,(H,13,14). The lowest BCUT2D eigenvalue weighted by Crippen LogP contribution is -2.42. The van der Waals surface area contributed by atoms with Crippen LogP contribution in [0.3, 0.4) is 0 Å². The Labute approximate surface area is 105 Å². The number of carboxylic acid groups (broad SMARTS) is 1. The molecule has 0 amide bonds. The number of hydrogen-bond acceptors (Lipinski definition) is 4. The molecule has 7 heteroatoms. The summed E-state index contributed by atoms with van der Waals surface area (Å²) in [6, 6.07) is 2.97. The third-order valence-electron chi connectivity index (χ3n) is 3.04. The van der Waals surface area contributed by atoms with E-state index in [0.29, 0.717) is 25.1 Å². The fraction of sp³-hybridized carbons (Fsp3) is 0.545. The summed E-state index contributed by atoms with van der Waals surface area (Å²) in [6.45, 7) is 2.01. The van der Waals surface area contributed by atoms with Crippen LogP contribution < -0.4 is 0 Å². The number of rotatable bonds is 3. The maximum absolute atomic E-state index is 12.2. The van der Waals surface area contributed by atoms with Crippen molar-refractivity contribution in [3.63, 3.8) is 0 Å². The molecular formula is C11H15NO5S. The van der Waals surface area contributed by atoms with Crippen LogP contribution in [0, 0.1) is 12.8 Å². The van der Waals surface area contributed by atoms with Crippen LogP contribution in [0.25, 0.3) is 0 Å². The molecule has 1 fully saturated rings. The topological polar surface area (TPSA) is 87.8 Å². The van der Waals surface area contributed by atoms with Gasteiger partial charge in [0.25, 0.3) is 10.0 Å². The van der Waals surface area contributed by atoms with Crippen LogP contribution in [-0.2, 0) is 14.8 Å². The number of nitrogens with zero attached hydrogens (tertiary/aromatic N) is 1. The summed E-state index contributed by atoms with van der Waals surface area (Å²) >= 11 is 0. The summed E-state index contributed by atoms with van der Waals surface area (Å²) < 4.78 is 30.7. The fourth-order valence-electron chi connectivity index (χ4n) is 2.04. The summed E-state index contributed by atoms with van der Waals surface area (Å²) in [5.74, 6) is -1.07. The average molecular weight is 273 g/mol. The molecule has 0 aromatic carbocycles. The molecule has 1 N–H and O–H groups in total. The molecule has 0 radical (unpaired) electrons. The Hall–Kier alpha value is -1.34. The maximum atomic E-state index is 12.2. The van der Waals surface area contributed by atoms with Gasteiger partial charge >= 0.3 is 5.97 Å². The lowest BCUT2D eigenvalue weighted by atomic mass is 10.0. The van der Waals surface area contributed by atoms with Crippen LogP contribution in [0.15, 0.2) is 21.6 Å². The zero-order valence-electron chi connectivity index (χ0n) is 10.00. The smallest absolute Gasteiger partial charge is 0.307 e. The van der Waals surface area contributed by atoms with Gasteiger partial charge in [-0.1, -0.05) is 0 Å². The van der Waals surface area contributed by atoms with E-state index in [1.54, 1.807) is 13.0 Å². The lowest BCUT2D eigenvalue weighted by molar-refractivity contribution is -0.142. The van der Waals surface area contributed by atoms with E-state index in [1.807, 2.05) is 0 Å². The number of piperidine rings is 1. The fourth-order valence-corrected chi connectivity index (χ4v) is 3.52. The molecule has 100 valence electrons. The molecule has 1 unspecified atom stereocenters. The number of aryl methyl sites for hydroxylation is 1. The minimum Gasteiger partial charge on any atom is -0.481 e. The van der Waals surface area contributed by atoms with Gasteiger partial charge in [0.15, 0.2) is 0 Å². The van der Waals surface area contributed by atoms with Crippen LogP contribution in [0.1, 0.15) is 18.6 Å². The van der Waals surface area contributed by atoms with Crippen molar-refractivity contribution < 1.29 is 22.7 Å². The summed E-state index contributed by atoms with van der Waals surface area (Å²) in [7, 11) is -3.70. The van der Waals surface area contributed by atoms with Crippen LogP contribution >= 0.6 is 0 Å². The SMILES string of the molecule is Cc1ccc(S(=O)(=O)N2CCCC(C(=O)O)C2)o1. The van der Waals surface area contributed by atoms with Gasteiger partial charge in [0.1, 0.15) is 5.76 Å². The molecule has 2 heterocycles. The summed E-state index contributed by atoms with van der Waals surface area (Å²) in [5, 5.41) is 8.83. The zero-order valence-corrected chi connectivity index (χ0v) is 10.8. The molecule has 0 saturated carbocycles. The minimum atomic E-state index is -3.70. The lowest BCUT2D eigenvalue weighted by Gasteiger charge is -2.28. The van der Waals surface area contributed by atoms with Crippen molar-refractivity contribution in [1.29, 1.82) is 0 Å². The van der Waals surface area contributed by atoms with Crippen molar-refractivity contribution in [1.82, 2.24) is 4.31 Å². The third kappa shape index (κ3) is 2.41. The van der Waals surface area contributed by atoms with E-state index in [1.165, 1.54) is 10.4 Å². The van der Waals surface area contributed by atoms with Gasteiger partial charge in [-0.2, -0.15) is 4.31 Å². The summed E-state index contributed by atoms with van der Waals surface area (Å²) in [6.07, 6.45) is 1.06. The van der Waals surface area contributed by atoms with Gasteiger partial charge in [-0.15, -0.1) is 0 Å². The van der Waals surface area contributed by atoms with Gasteiger partial charge in [0, 0.05) is 13.1 Å². The normalized spacial score (nSPS) is 21.9. The quantitative estimate of drug-likeness (QED) is 0.890. The highest BCUT2D eigenvalue weighted by molar-refractivity contribution is 7.89. The van der Waals surface area contributed by atoms with Crippen LogP contribution in [0.2, 0.25) is 0 Å². The van der Waals surface area contributed by atoms with Crippen molar-refractivity contribution in [2.75, 3.05) is 13.1 Å². The summed E-state index contributed by atoms with van der Waals surface area (Å²) in [5.41, 5.74) is 0. The number of furan rings is 1. The highest BCUT2D eigenvalue weighted by atomic mass is 32.2. The molecule has 1 aromatic heterocycles. The number of hydrogen-bond donors (Lipinski definition) is 1. The molecule has 0 spiro atoms. The molecule has 0 aliphatic carbocycles. The average Bonchev–Trinajstić information content (AvgIpc) is 2.77. The first-order valence-corrected chi connectivity index (χ1v) is 7.14. The Morgan fingerprint density at radius 3 is 2.78 bits per heavy atom. The first kappa shape index (κ1) is 13.1. The first-order valence-electron chi connectivity index (χ1n) is 5.70. The Bertz CT molecular complexity index is 548. The number of aliphatic carboxylic acids is 1. The van der Waals surface area contributed by atoms with E-state index in [-0.39, 0.29) is 11.6 Å². The Balaban J connectivity index is 2.22. The third-order valence-corrected chi connectivity index (χ3v) is 4.78. The van der Waals surface area contributed by atoms with Gasteiger partial charge in [0.05, 0.1) is 5.92 Å². The van der Waals surface area contributed by atoms with Gasteiger partial charge in [-0.25, -0.2) is 8.42 Å². The van der Waals surface area contributed by atoms with Crippen LogP contribution in [0.5, 0.6) is 0 Å². The van der Waals surface area contributed by atoms with Crippen molar-refractivity contribution in [3.05, 3.63) is 17.9 Å². The summed E-state index contributed by atoms with van der Waals surface area (Å²) in [4.78, 5) is 10.9. The van der Waals surface area contributed by atoms with Crippen LogP contribution in [0.4, 0.5) is 0 Å². The molecule has 1 atom stereocenters. The molecule has 6 nitrogen and oxygen atoms in total. The highest BCUT2D eigenvalue weighted by Crippen LogP contribution is 2.24. The number of sulfonamides is 1. The molecule has 1 saturated heterocycles. The largest absolute Gasteiger partial charge is 0.481 e. The highest BCUT2D eigenvalue weighted by Gasteiger charge is 2.34. The van der Waals surface area contributed by atoms with Crippen molar-refractivity contribution >= 4 is 16.0 Å². The van der Waals surface area contributed by atoms with Gasteiger partial charge in [-0.05, 0) is 31.9 Å². The molecule has 18 heavy (non-hydrogen) atoms. The Morgan fingerprint density at radius 2 is 2.22 bits per heavy atom. The molecule has 1 aromatic rings. The van der Waals surface area contributed by atoms with Gasteiger partial charge in [0.2, 0.25) is 5.09 Å². The van der Waals surface area contributed by atoms with E-state index in [4.69, 9.17) is 9.52 Å². The second-order valence-electron chi connectivity index (χ2n) is 4.41. The van der Waals surface area contributed by atoms with Crippen LogP contribution in [-0.4, -0.2) is 36.9 Å². The van der Waals surface area contributed by atoms with Crippen molar-refractivity contribution in [2.45, 2.75) is 24.9 Å². The van der Waals surface area contributed by atoms with Crippen molar-refractivity contribution in [3.8, 4) is 0 Å². The van der Waals surface area contributed by atoms with Gasteiger partial charge < -0.3 is 9.52 Å². The zero-order chi connectivity index (χ0) is 13.3. The second kappa shape index (κ2) is 4.74. The van der Waals surface area contributed by atoms with E-state index in [2.05, 4.69) is 0 Å². The molecular weight excluding hydrogens is 258 g/mol. The Kier molecular flexibility index (Phi) is 3.45. The first-order chi connectivity index (χ1) is 8.41.